The molecule has 0 bridgehead atoms. The third kappa shape index (κ3) is 6.01. The van der Waals surface area contributed by atoms with Gasteiger partial charge in [0.1, 0.15) is 6.61 Å². The van der Waals surface area contributed by atoms with Gasteiger partial charge in [-0.05, 0) is 43.5 Å². The number of nitro groups is 1. The maximum Gasteiger partial charge on any atom is 0.337 e. The van der Waals surface area contributed by atoms with E-state index in [1.807, 2.05) is 41.1 Å². The second-order valence-electron chi connectivity index (χ2n) is 9.33. The molecule has 1 aliphatic rings. The van der Waals surface area contributed by atoms with Gasteiger partial charge in [-0.3, -0.25) is 10.1 Å². The van der Waals surface area contributed by atoms with Gasteiger partial charge in [-0.2, -0.15) is 0 Å². The van der Waals surface area contributed by atoms with E-state index in [2.05, 4.69) is 17.2 Å². The summed E-state index contributed by atoms with van der Waals surface area (Å²) in [7, 11) is 1.24. The number of esters is 2. The van der Waals surface area contributed by atoms with Crippen LogP contribution >= 0.6 is 0 Å². The number of benzene rings is 2. The van der Waals surface area contributed by atoms with Crippen molar-refractivity contribution in [2.24, 2.45) is 0 Å². The van der Waals surface area contributed by atoms with E-state index in [0.29, 0.717) is 17.0 Å². The number of allylic oxidation sites excluding steroid dienone is 2. The molecule has 2 heterocycles. The van der Waals surface area contributed by atoms with E-state index in [1.54, 1.807) is 38.5 Å². The van der Waals surface area contributed by atoms with Gasteiger partial charge >= 0.3 is 11.9 Å². The molecule has 1 aliphatic heterocycles. The van der Waals surface area contributed by atoms with E-state index in [9.17, 15) is 19.7 Å². The van der Waals surface area contributed by atoms with Crippen LogP contribution in [-0.4, -0.2) is 40.1 Å². The molecule has 0 saturated carbocycles. The summed E-state index contributed by atoms with van der Waals surface area (Å²) in [5.74, 6) is -2.20. The number of methoxy groups -OCH3 is 1. The molecule has 0 radical (unpaired) electrons. The quantitative estimate of drug-likeness (QED) is 0.226. The fourth-order valence-electron chi connectivity index (χ4n) is 4.74. The van der Waals surface area contributed by atoms with E-state index >= 15 is 0 Å². The number of carbonyl (C=O) groups excluding carboxylic acids is 2. The minimum absolute atomic E-state index is 0.0132. The number of nitrogens with zero attached hydrogens (tertiary/aromatic N) is 3. The van der Waals surface area contributed by atoms with Gasteiger partial charge in [0, 0.05) is 35.9 Å². The molecule has 2 aromatic carbocycles. The minimum Gasteiger partial charge on any atom is -0.466 e. The van der Waals surface area contributed by atoms with Crippen molar-refractivity contribution >= 4 is 23.7 Å². The third-order valence-electron chi connectivity index (χ3n) is 6.81. The molecule has 10 nitrogen and oxygen atoms in total. The maximum absolute atomic E-state index is 13.3. The van der Waals surface area contributed by atoms with Crippen molar-refractivity contribution < 1.29 is 24.0 Å². The lowest BCUT2D eigenvalue weighted by Crippen LogP contribution is -2.32. The molecule has 0 aliphatic carbocycles. The number of hydrogen-bond donors (Lipinski definition) is 1. The number of rotatable bonds is 9. The Bertz CT molecular complexity index is 1500. The number of aromatic nitrogens is 2. The molecule has 0 amide bonds. The second kappa shape index (κ2) is 12.2. The monoisotopic (exact) mass is 542 g/mol. The fraction of sp³-hybridized carbons (Fsp3) is 0.233. The highest BCUT2D eigenvalue weighted by atomic mass is 16.6. The van der Waals surface area contributed by atoms with Crippen LogP contribution in [0.3, 0.4) is 0 Å². The molecule has 0 fully saturated rings. The van der Waals surface area contributed by atoms with Crippen LogP contribution in [0.1, 0.15) is 49.4 Å². The highest BCUT2D eigenvalue weighted by molar-refractivity contribution is 6.00. The van der Waals surface area contributed by atoms with Gasteiger partial charge in [-0.1, -0.05) is 42.5 Å². The van der Waals surface area contributed by atoms with Crippen LogP contribution in [0.15, 0.2) is 95.9 Å². The average Bonchev–Trinajstić information content (AvgIpc) is 3.49. The van der Waals surface area contributed by atoms with E-state index < -0.39 is 22.8 Å². The number of nitro benzene ring substituents is 1. The summed E-state index contributed by atoms with van der Waals surface area (Å²) in [5.41, 5.74) is 3.65. The molecule has 1 aromatic heterocycles. The molecule has 3 aromatic rings. The van der Waals surface area contributed by atoms with E-state index in [1.165, 1.54) is 25.3 Å². The van der Waals surface area contributed by atoms with Crippen molar-refractivity contribution in [1.29, 1.82) is 0 Å². The Hall–Kier alpha value is -4.99. The van der Waals surface area contributed by atoms with Gasteiger partial charge < -0.3 is 19.4 Å². The van der Waals surface area contributed by atoms with Crippen LogP contribution in [0.25, 0.3) is 6.08 Å². The molecule has 2 unspecified atom stereocenters. The number of imidazole rings is 1. The van der Waals surface area contributed by atoms with Crippen molar-refractivity contribution in [3.63, 3.8) is 0 Å². The van der Waals surface area contributed by atoms with Crippen molar-refractivity contribution in [3.05, 3.63) is 123 Å². The Labute approximate surface area is 231 Å². The summed E-state index contributed by atoms with van der Waals surface area (Å²) in [6.07, 6.45) is 9.01. The first-order valence-corrected chi connectivity index (χ1v) is 12.6. The molecule has 206 valence electrons. The summed E-state index contributed by atoms with van der Waals surface area (Å²) >= 11 is 0. The topological polar surface area (TPSA) is 126 Å². The molecule has 0 spiro atoms. The predicted molar refractivity (Wildman–Crippen MR) is 149 cm³/mol. The number of ether oxygens (including phenoxy) is 2. The minimum atomic E-state index is -0.907. The van der Waals surface area contributed by atoms with Crippen LogP contribution in [0.2, 0.25) is 0 Å². The van der Waals surface area contributed by atoms with E-state index in [4.69, 9.17) is 9.47 Å². The Balaban J connectivity index is 1.51. The van der Waals surface area contributed by atoms with Crippen molar-refractivity contribution in [1.82, 2.24) is 14.9 Å². The first kappa shape index (κ1) is 28.0. The third-order valence-corrected chi connectivity index (χ3v) is 6.81. The van der Waals surface area contributed by atoms with Crippen LogP contribution in [0, 0.1) is 10.1 Å². The Kier molecular flexibility index (Phi) is 8.58. The van der Waals surface area contributed by atoms with E-state index in [-0.39, 0.29) is 29.5 Å². The number of non-ortho nitro benzene ring substituents is 1. The first-order chi connectivity index (χ1) is 19.2. The van der Waals surface area contributed by atoms with Gasteiger partial charge in [-0.15, -0.1) is 0 Å². The van der Waals surface area contributed by atoms with Crippen molar-refractivity contribution in [2.75, 3.05) is 13.7 Å². The molecule has 40 heavy (non-hydrogen) atoms. The van der Waals surface area contributed by atoms with Crippen LogP contribution < -0.4 is 5.32 Å². The van der Waals surface area contributed by atoms with Gasteiger partial charge in [-0.25, -0.2) is 14.6 Å². The summed E-state index contributed by atoms with van der Waals surface area (Å²) in [6.45, 7) is 5.46. The largest absolute Gasteiger partial charge is 0.466 e. The lowest BCUT2D eigenvalue weighted by Gasteiger charge is -2.30. The Morgan fingerprint density at radius 3 is 2.45 bits per heavy atom. The molecule has 2 atom stereocenters. The number of dihydropyridines is 1. The van der Waals surface area contributed by atoms with Gasteiger partial charge in [0.25, 0.3) is 5.69 Å². The van der Waals surface area contributed by atoms with Crippen LogP contribution in [0.4, 0.5) is 5.69 Å². The molecule has 10 heteroatoms. The second-order valence-corrected chi connectivity index (χ2v) is 9.33. The van der Waals surface area contributed by atoms with E-state index in [0.717, 1.165) is 11.1 Å². The maximum atomic E-state index is 13.3. The lowest BCUT2D eigenvalue weighted by molar-refractivity contribution is -0.384. The SMILES string of the molecule is COC(=O)C1=C(C)NC(C)=C(C(=O)OC/C=C/c2ccc(C(C)n3ccnc3)cc2)C1c1cccc([N+](=O)[O-])c1. The van der Waals surface area contributed by atoms with Crippen LogP contribution in [-0.2, 0) is 19.1 Å². The number of hydrogen-bond acceptors (Lipinski definition) is 8. The number of nitrogens with one attached hydrogen (secondary N) is 1. The summed E-state index contributed by atoms with van der Waals surface area (Å²) in [4.78, 5) is 41.1. The number of carbonyl (C=O) groups is 2. The van der Waals surface area contributed by atoms with Gasteiger partial charge in [0.2, 0.25) is 0 Å². The lowest BCUT2D eigenvalue weighted by atomic mass is 9.80. The molecular weight excluding hydrogens is 512 g/mol. The summed E-state index contributed by atoms with van der Waals surface area (Å²) in [5, 5.41) is 14.5. The van der Waals surface area contributed by atoms with Crippen LogP contribution in [0.5, 0.6) is 0 Å². The highest BCUT2D eigenvalue weighted by Crippen LogP contribution is 2.40. The molecule has 4 rings (SSSR count). The zero-order chi connectivity index (χ0) is 28.8. The Morgan fingerprint density at radius 1 is 1.12 bits per heavy atom. The molecule has 1 N–H and O–H groups in total. The van der Waals surface area contributed by atoms with Gasteiger partial charge in [0.15, 0.2) is 0 Å². The smallest absolute Gasteiger partial charge is 0.337 e. The average molecular weight is 543 g/mol. The summed E-state index contributed by atoms with van der Waals surface area (Å²) in [6, 6.07) is 14.0. The highest BCUT2D eigenvalue weighted by Gasteiger charge is 2.38. The standard InChI is InChI=1S/C30H30N4O6/c1-19-26(29(35)39-4)28(24-8-5-9-25(17-24)34(37)38)27(20(2)32-19)30(36)40-16-6-7-22-10-12-23(13-11-22)21(3)33-15-14-31-18-33/h5-15,17-18,21,28,32H,16H2,1-4H3/b7-6+. The van der Waals surface area contributed by atoms with Crippen molar-refractivity contribution in [3.8, 4) is 0 Å². The first-order valence-electron chi connectivity index (χ1n) is 12.6. The molecule has 0 saturated heterocycles. The predicted octanol–water partition coefficient (Wildman–Crippen LogP) is 5.07. The zero-order valence-corrected chi connectivity index (χ0v) is 22.7. The fourth-order valence-corrected chi connectivity index (χ4v) is 4.74. The normalized spacial score (nSPS) is 16.1. The Morgan fingerprint density at radius 2 is 1.82 bits per heavy atom. The summed E-state index contributed by atoms with van der Waals surface area (Å²) < 4.78 is 12.6. The zero-order valence-electron chi connectivity index (χ0n) is 22.7. The van der Waals surface area contributed by atoms with Gasteiger partial charge in [0.05, 0.1) is 41.5 Å². The van der Waals surface area contributed by atoms with Crippen molar-refractivity contribution in [2.45, 2.75) is 32.7 Å². The molecular formula is C30H30N4O6.